The van der Waals surface area contributed by atoms with E-state index in [1.54, 1.807) is 0 Å². The first-order valence-electron chi connectivity index (χ1n) is 11.5. The van der Waals surface area contributed by atoms with Crippen LogP contribution in [0.4, 0.5) is 13.2 Å². The second-order valence-corrected chi connectivity index (χ2v) is 10.1. The van der Waals surface area contributed by atoms with Gasteiger partial charge < -0.3 is 9.64 Å². The van der Waals surface area contributed by atoms with E-state index in [4.69, 9.17) is 16.3 Å². The summed E-state index contributed by atoms with van der Waals surface area (Å²) < 4.78 is 43.9. The lowest BCUT2D eigenvalue weighted by molar-refractivity contribution is -0.144. The van der Waals surface area contributed by atoms with Crippen molar-refractivity contribution in [2.75, 3.05) is 19.7 Å². The summed E-state index contributed by atoms with van der Waals surface area (Å²) in [5.74, 6) is 0.622. The third kappa shape index (κ3) is 5.16. The Morgan fingerprint density at radius 2 is 1.70 bits per heavy atom. The van der Waals surface area contributed by atoms with Crippen LogP contribution in [0.5, 0.6) is 5.75 Å². The van der Waals surface area contributed by atoms with Gasteiger partial charge in [0.1, 0.15) is 5.75 Å². The van der Waals surface area contributed by atoms with Gasteiger partial charge in [-0.2, -0.15) is 13.2 Å². The quantitative estimate of drug-likeness (QED) is 0.452. The maximum Gasteiger partial charge on any atom is 0.416 e. The van der Waals surface area contributed by atoms with E-state index in [1.807, 2.05) is 29.2 Å². The zero-order valence-electron chi connectivity index (χ0n) is 18.8. The van der Waals surface area contributed by atoms with Crippen LogP contribution in [0.25, 0.3) is 0 Å². The summed E-state index contributed by atoms with van der Waals surface area (Å²) in [6, 6.07) is 12.4. The Hall–Kier alpha value is -2.21. The lowest BCUT2D eigenvalue weighted by Crippen LogP contribution is -2.55. The van der Waals surface area contributed by atoms with Gasteiger partial charge in [0.05, 0.1) is 17.6 Å². The molecule has 3 nitrogen and oxygen atoms in total. The van der Waals surface area contributed by atoms with E-state index in [9.17, 15) is 18.0 Å². The van der Waals surface area contributed by atoms with Crippen molar-refractivity contribution in [1.29, 1.82) is 0 Å². The molecule has 2 aliphatic rings. The van der Waals surface area contributed by atoms with Gasteiger partial charge in [-0.05, 0) is 79.5 Å². The van der Waals surface area contributed by atoms with E-state index in [1.165, 1.54) is 12.1 Å². The molecule has 1 saturated heterocycles. The molecule has 4 rings (SSSR count). The van der Waals surface area contributed by atoms with Gasteiger partial charge in [-0.3, -0.25) is 4.79 Å². The summed E-state index contributed by atoms with van der Waals surface area (Å²) in [7, 11) is 0. The van der Waals surface area contributed by atoms with Crippen LogP contribution in [-0.4, -0.2) is 30.5 Å². The summed E-state index contributed by atoms with van der Waals surface area (Å²) in [5, 5.41) is 0.666. The predicted molar refractivity (Wildman–Crippen MR) is 122 cm³/mol. The number of piperidine rings is 1. The van der Waals surface area contributed by atoms with Crippen LogP contribution in [-0.2, 0) is 16.4 Å². The molecule has 0 aromatic heterocycles. The molecule has 0 N–H and O–H groups in total. The maximum atomic E-state index is 13.7. The Morgan fingerprint density at radius 1 is 1.03 bits per heavy atom. The van der Waals surface area contributed by atoms with Crippen molar-refractivity contribution in [1.82, 2.24) is 4.90 Å². The largest absolute Gasteiger partial charge is 0.494 e. The minimum atomic E-state index is -4.35. The van der Waals surface area contributed by atoms with Crippen LogP contribution in [0.1, 0.15) is 56.6 Å². The average Bonchev–Trinajstić information content (AvgIpc) is 2.74. The van der Waals surface area contributed by atoms with Crippen molar-refractivity contribution in [3.05, 3.63) is 64.7 Å². The fraction of sp³-hybridized carbons (Fsp3) is 0.500. The minimum absolute atomic E-state index is 0.0925. The normalized spacial score (nSPS) is 22.5. The highest BCUT2D eigenvalue weighted by Gasteiger charge is 2.49. The van der Waals surface area contributed by atoms with E-state index < -0.39 is 17.2 Å². The minimum Gasteiger partial charge on any atom is -0.494 e. The van der Waals surface area contributed by atoms with Gasteiger partial charge in [-0.25, -0.2) is 0 Å². The van der Waals surface area contributed by atoms with Crippen molar-refractivity contribution in [3.63, 3.8) is 0 Å². The zero-order valence-corrected chi connectivity index (χ0v) is 19.5. The number of likely N-dealkylation sites (tertiary alicyclic amines) is 1. The van der Waals surface area contributed by atoms with Crippen molar-refractivity contribution in [2.24, 2.45) is 5.41 Å². The van der Waals surface area contributed by atoms with Gasteiger partial charge in [0, 0.05) is 18.1 Å². The van der Waals surface area contributed by atoms with Gasteiger partial charge in [-0.15, -0.1) is 0 Å². The second kappa shape index (κ2) is 9.21. The molecule has 0 radical (unpaired) electrons. The number of carbonyl (C=O) groups excluding carboxylic acids is 1. The monoisotopic (exact) mass is 479 g/mol. The number of carbonyl (C=O) groups is 1. The number of benzene rings is 2. The van der Waals surface area contributed by atoms with E-state index in [-0.39, 0.29) is 11.3 Å². The fourth-order valence-corrected chi connectivity index (χ4v) is 5.20. The molecule has 7 heteroatoms. The van der Waals surface area contributed by atoms with E-state index in [0.717, 1.165) is 62.8 Å². The SMILES string of the molecule is C[C@@]1(CCOc2ccc(C(F)(F)F)cc2)CCCN(C(=O)C2(c3ccc(Cl)cc3)CCC2)C1. The topological polar surface area (TPSA) is 29.5 Å². The van der Waals surface area contributed by atoms with Gasteiger partial charge >= 0.3 is 6.18 Å². The number of alkyl halides is 3. The fourth-order valence-electron chi connectivity index (χ4n) is 5.08. The lowest BCUT2D eigenvalue weighted by Gasteiger charge is -2.48. The first-order chi connectivity index (χ1) is 15.6. The predicted octanol–water partition coefficient (Wildman–Crippen LogP) is 6.88. The van der Waals surface area contributed by atoms with Gasteiger partial charge in [0.2, 0.25) is 5.91 Å². The number of rotatable bonds is 6. The van der Waals surface area contributed by atoms with E-state index in [2.05, 4.69) is 6.92 Å². The first-order valence-corrected chi connectivity index (χ1v) is 11.8. The average molecular weight is 480 g/mol. The van der Waals surface area contributed by atoms with Crippen LogP contribution < -0.4 is 4.74 Å². The highest BCUT2D eigenvalue weighted by Crippen LogP contribution is 2.47. The summed E-state index contributed by atoms with van der Waals surface area (Å²) in [6.45, 7) is 3.98. The van der Waals surface area contributed by atoms with Gasteiger partial charge in [0.15, 0.2) is 0 Å². The number of hydrogen-bond acceptors (Lipinski definition) is 2. The Bertz CT molecular complexity index is 971. The van der Waals surface area contributed by atoms with Crippen LogP contribution in [0.15, 0.2) is 48.5 Å². The third-order valence-corrected chi connectivity index (χ3v) is 7.49. The molecule has 1 saturated carbocycles. The smallest absolute Gasteiger partial charge is 0.416 e. The molecule has 1 aliphatic carbocycles. The summed E-state index contributed by atoms with van der Waals surface area (Å²) in [5.41, 5.74) is -0.181. The van der Waals surface area contributed by atoms with Crippen LogP contribution in [0, 0.1) is 5.41 Å². The standard InChI is InChI=1S/C26H29ClF3NO2/c1-24(15-17-33-22-10-6-20(7-11-22)26(28,29)30)12-3-16-31(18-24)23(32)25(13-2-14-25)19-4-8-21(27)9-5-19/h4-11H,2-3,12-18H2,1H3/t24-/m0/s1. The summed E-state index contributed by atoms with van der Waals surface area (Å²) >= 11 is 6.05. The van der Waals surface area contributed by atoms with Gasteiger partial charge in [0.25, 0.3) is 0 Å². The molecule has 0 bridgehead atoms. The third-order valence-electron chi connectivity index (χ3n) is 7.24. The molecular formula is C26H29ClF3NO2. The van der Waals surface area contributed by atoms with Crippen molar-refractivity contribution >= 4 is 17.5 Å². The number of ether oxygens (including phenoxy) is 1. The summed E-state index contributed by atoms with van der Waals surface area (Å²) in [6.07, 6.45) is 1.05. The Labute approximate surface area is 197 Å². The van der Waals surface area contributed by atoms with Crippen molar-refractivity contribution < 1.29 is 22.7 Å². The van der Waals surface area contributed by atoms with E-state index >= 15 is 0 Å². The summed E-state index contributed by atoms with van der Waals surface area (Å²) in [4.78, 5) is 15.7. The molecule has 1 amide bonds. The maximum absolute atomic E-state index is 13.7. The molecule has 2 fully saturated rings. The van der Waals surface area contributed by atoms with Crippen LogP contribution in [0.2, 0.25) is 5.02 Å². The molecular weight excluding hydrogens is 451 g/mol. The van der Waals surface area contributed by atoms with Crippen LogP contribution in [0.3, 0.4) is 0 Å². The Kier molecular flexibility index (Phi) is 6.68. The Balaban J connectivity index is 1.37. The number of hydrogen-bond donors (Lipinski definition) is 0. The van der Waals surface area contributed by atoms with Crippen LogP contribution >= 0.6 is 11.6 Å². The molecule has 0 unspecified atom stereocenters. The van der Waals surface area contributed by atoms with E-state index in [0.29, 0.717) is 23.9 Å². The lowest BCUT2D eigenvalue weighted by atomic mass is 9.63. The molecule has 178 valence electrons. The second-order valence-electron chi connectivity index (χ2n) is 9.70. The number of nitrogens with zero attached hydrogens (tertiary/aromatic N) is 1. The van der Waals surface area contributed by atoms with Crippen molar-refractivity contribution in [3.8, 4) is 5.75 Å². The van der Waals surface area contributed by atoms with Gasteiger partial charge in [-0.1, -0.05) is 37.1 Å². The molecule has 1 aliphatic heterocycles. The molecule has 33 heavy (non-hydrogen) atoms. The highest BCUT2D eigenvalue weighted by molar-refractivity contribution is 6.30. The number of amides is 1. The molecule has 1 heterocycles. The molecule has 2 aromatic rings. The molecule has 1 atom stereocenters. The van der Waals surface area contributed by atoms with Crippen molar-refractivity contribution in [2.45, 2.75) is 57.0 Å². The Morgan fingerprint density at radius 3 is 2.27 bits per heavy atom. The zero-order chi connectivity index (χ0) is 23.7. The molecule has 0 spiro atoms. The number of halogens is 4. The molecule has 2 aromatic carbocycles. The highest BCUT2D eigenvalue weighted by atomic mass is 35.5. The first kappa shape index (κ1) is 23.9.